The van der Waals surface area contributed by atoms with Crippen LogP contribution in [0.3, 0.4) is 0 Å². The summed E-state index contributed by atoms with van der Waals surface area (Å²) in [6, 6.07) is 5.76. The number of hydrogen-bond acceptors (Lipinski definition) is 4. The summed E-state index contributed by atoms with van der Waals surface area (Å²) in [7, 11) is 0. The van der Waals surface area contributed by atoms with Crippen LogP contribution in [0.15, 0.2) is 18.2 Å². The van der Waals surface area contributed by atoms with Gasteiger partial charge >= 0.3 is 6.09 Å². The Bertz CT molecular complexity index is 541. The molecular formula is C16H21NO4. The van der Waals surface area contributed by atoms with Crippen LogP contribution in [0.1, 0.15) is 38.7 Å². The van der Waals surface area contributed by atoms with Crippen LogP contribution in [0.5, 0.6) is 11.5 Å². The first-order valence-electron chi connectivity index (χ1n) is 7.51. The van der Waals surface area contributed by atoms with E-state index in [0.717, 1.165) is 29.9 Å². The number of benzene rings is 1. The molecule has 1 atom stereocenters. The van der Waals surface area contributed by atoms with E-state index in [1.165, 1.54) is 6.42 Å². The molecule has 21 heavy (non-hydrogen) atoms. The molecule has 2 aliphatic rings. The van der Waals surface area contributed by atoms with Gasteiger partial charge in [-0.2, -0.15) is 0 Å². The molecule has 0 spiro atoms. The molecule has 1 heterocycles. The lowest BCUT2D eigenvalue weighted by molar-refractivity contribution is 0.0692. The summed E-state index contributed by atoms with van der Waals surface area (Å²) in [5, 5.41) is 2.70. The number of nitrogens with one attached hydrogen (secondary N) is 1. The molecule has 2 fully saturated rings. The lowest BCUT2D eigenvalue weighted by atomic mass is 9.94. The van der Waals surface area contributed by atoms with Gasteiger partial charge in [0.05, 0.1) is 19.3 Å². The quantitative estimate of drug-likeness (QED) is 0.906. The molecule has 1 aromatic carbocycles. The van der Waals surface area contributed by atoms with Gasteiger partial charge in [-0.15, -0.1) is 0 Å². The highest BCUT2D eigenvalue weighted by molar-refractivity contribution is 5.70. The lowest BCUT2D eigenvalue weighted by Crippen LogP contribution is -2.27. The second-order valence-corrected chi connectivity index (χ2v) is 5.74. The topological polar surface area (TPSA) is 56.8 Å². The number of carbonyl (C=O) groups is 1. The maximum atomic E-state index is 11.3. The van der Waals surface area contributed by atoms with E-state index in [-0.39, 0.29) is 12.2 Å². The molecule has 1 saturated heterocycles. The first-order valence-corrected chi connectivity index (χ1v) is 7.51. The van der Waals surface area contributed by atoms with Gasteiger partial charge in [0, 0.05) is 5.56 Å². The molecule has 5 heteroatoms. The summed E-state index contributed by atoms with van der Waals surface area (Å²) in [5.41, 5.74) is 0.262. The SMILES string of the molecule is CCOc1ccc([C@]2(C)CNC(=O)O2)cc1OC1CCC1. The summed E-state index contributed by atoms with van der Waals surface area (Å²) < 4.78 is 17.0. The zero-order chi connectivity index (χ0) is 14.9. The molecule has 114 valence electrons. The fourth-order valence-corrected chi connectivity index (χ4v) is 2.55. The van der Waals surface area contributed by atoms with Crippen LogP contribution < -0.4 is 14.8 Å². The Labute approximate surface area is 124 Å². The largest absolute Gasteiger partial charge is 0.490 e. The average molecular weight is 291 g/mol. The second-order valence-electron chi connectivity index (χ2n) is 5.74. The molecule has 0 aromatic heterocycles. The van der Waals surface area contributed by atoms with Crippen molar-refractivity contribution in [2.24, 2.45) is 0 Å². The Kier molecular flexibility index (Phi) is 3.66. The second kappa shape index (κ2) is 5.47. The van der Waals surface area contributed by atoms with Crippen molar-refractivity contribution in [1.29, 1.82) is 0 Å². The molecule has 0 radical (unpaired) electrons. The third-order valence-corrected chi connectivity index (χ3v) is 4.09. The van der Waals surface area contributed by atoms with Crippen molar-refractivity contribution in [1.82, 2.24) is 5.32 Å². The Hall–Kier alpha value is -1.91. The fourth-order valence-electron chi connectivity index (χ4n) is 2.55. The average Bonchev–Trinajstić information content (AvgIpc) is 2.76. The van der Waals surface area contributed by atoms with Crippen LogP contribution >= 0.6 is 0 Å². The molecule has 0 bridgehead atoms. The van der Waals surface area contributed by atoms with Crippen LogP contribution in [0.4, 0.5) is 4.79 Å². The summed E-state index contributed by atoms with van der Waals surface area (Å²) in [6.07, 6.45) is 3.28. The van der Waals surface area contributed by atoms with Crippen molar-refractivity contribution >= 4 is 6.09 Å². The zero-order valence-electron chi connectivity index (χ0n) is 12.5. The third kappa shape index (κ3) is 2.77. The summed E-state index contributed by atoms with van der Waals surface area (Å²) in [5.74, 6) is 1.48. The van der Waals surface area contributed by atoms with Crippen LogP contribution in [-0.4, -0.2) is 25.3 Å². The van der Waals surface area contributed by atoms with Gasteiger partial charge in [-0.05, 0) is 45.2 Å². The van der Waals surface area contributed by atoms with E-state index < -0.39 is 5.60 Å². The number of ether oxygens (including phenoxy) is 3. The van der Waals surface area contributed by atoms with E-state index in [4.69, 9.17) is 14.2 Å². The standard InChI is InChI=1S/C16H21NO4/c1-3-19-13-8-7-11(16(2)10-17-15(18)21-16)9-14(13)20-12-5-4-6-12/h7-9,12H,3-6,10H2,1-2H3,(H,17,18)/t16-/m0/s1. The van der Waals surface area contributed by atoms with Gasteiger partial charge in [0.1, 0.15) is 0 Å². The van der Waals surface area contributed by atoms with Crippen LogP contribution in [0.25, 0.3) is 0 Å². The molecule has 1 aliphatic heterocycles. The maximum absolute atomic E-state index is 11.3. The highest BCUT2D eigenvalue weighted by Gasteiger charge is 2.38. The first kappa shape index (κ1) is 14.0. The number of alkyl carbamates (subject to hydrolysis) is 1. The number of carbonyl (C=O) groups excluding carboxylic acids is 1. The van der Waals surface area contributed by atoms with Gasteiger partial charge < -0.3 is 19.5 Å². The first-order chi connectivity index (χ1) is 10.1. The van der Waals surface area contributed by atoms with Gasteiger partial charge in [-0.1, -0.05) is 6.07 Å². The van der Waals surface area contributed by atoms with E-state index >= 15 is 0 Å². The smallest absolute Gasteiger partial charge is 0.408 e. The Morgan fingerprint density at radius 2 is 2.19 bits per heavy atom. The van der Waals surface area contributed by atoms with Crippen molar-refractivity contribution in [3.05, 3.63) is 23.8 Å². The van der Waals surface area contributed by atoms with Gasteiger partial charge in [0.15, 0.2) is 17.1 Å². The number of cyclic esters (lactones) is 1. The number of amides is 1. The van der Waals surface area contributed by atoms with Gasteiger partial charge in [0.2, 0.25) is 0 Å². The van der Waals surface area contributed by atoms with E-state index in [1.807, 2.05) is 32.0 Å². The normalized spacial score (nSPS) is 25.0. The van der Waals surface area contributed by atoms with E-state index in [9.17, 15) is 4.79 Å². The fraction of sp³-hybridized carbons (Fsp3) is 0.562. The van der Waals surface area contributed by atoms with Crippen molar-refractivity contribution in [3.63, 3.8) is 0 Å². The minimum absolute atomic E-state index is 0.275. The van der Waals surface area contributed by atoms with Gasteiger partial charge in [0.25, 0.3) is 0 Å². The molecule has 1 amide bonds. The number of hydrogen-bond donors (Lipinski definition) is 1. The number of rotatable bonds is 5. The Morgan fingerprint density at radius 1 is 1.38 bits per heavy atom. The van der Waals surface area contributed by atoms with Crippen LogP contribution in [-0.2, 0) is 10.3 Å². The molecule has 1 aromatic rings. The molecule has 1 N–H and O–H groups in total. The van der Waals surface area contributed by atoms with Gasteiger partial charge in [-0.25, -0.2) is 4.79 Å². The monoisotopic (exact) mass is 291 g/mol. The van der Waals surface area contributed by atoms with Crippen molar-refractivity contribution < 1.29 is 19.0 Å². The minimum Gasteiger partial charge on any atom is -0.490 e. The van der Waals surface area contributed by atoms with Crippen molar-refractivity contribution in [3.8, 4) is 11.5 Å². The van der Waals surface area contributed by atoms with E-state index in [1.54, 1.807) is 0 Å². The third-order valence-electron chi connectivity index (χ3n) is 4.09. The van der Waals surface area contributed by atoms with Crippen molar-refractivity contribution in [2.75, 3.05) is 13.2 Å². The highest BCUT2D eigenvalue weighted by Crippen LogP contribution is 2.37. The van der Waals surface area contributed by atoms with E-state index in [0.29, 0.717) is 13.2 Å². The van der Waals surface area contributed by atoms with E-state index in [2.05, 4.69) is 5.32 Å². The van der Waals surface area contributed by atoms with Crippen LogP contribution in [0, 0.1) is 0 Å². The lowest BCUT2D eigenvalue weighted by Gasteiger charge is -2.29. The molecule has 1 aliphatic carbocycles. The summed E-state index contributed by atoms with van der Waals surface area (Å²) in [6.45, 7) is 4.90. The van der Waals surface area contributed by atoms with Crippen molar-refractivity contribution in [2.45, 2.75) is 44.8 Å². The Morgan fingerprint density at radius 3 is 2.76 bits per heavy atom. The molecule has 0 unspecified atom stereocenters. The van der Waals surface area contributed by atoms with Gasteiger partial charge in [-0.3, -0.25) is 0 Å². The highest BCUT2D eigenvalue weighted by atomic mass is 16.6. The summed E-state index contributed by atoms with van der Waals surface area (Å²) in [4.78, 5) is 11.3. The maximum Gasteiger partial charge on any atom is 0.408 e. The zero-order valence-corrected chi connectivity index (χ0v) is 12.5. The molecular weight excluding hydrogens is 270 g/mol. The Balaban J connectivity index is 1.87. The molecule has 5 nitrogen and oxygen atoms in total. The molecule has 3 rings (SSSR count). The van der Waals surface area contributed by atoms with Crippen LogP contribution in [0.2, 0.25) is 0 Å². The summed E-state index contributed by atoms with van der Waals surface area (Å²) >= 11 is 0. The minimum atomic E-state index is -0.653. The predicted molar refractivity (Wildman–Crippen MR) is 77.7 cm³/mol. The molecule has 1 saturated carbocycles. The predicted octanol–water partition coefficient (Wildman–Crippen LogP) is 2.97.